The molecule has 6 nitrogen and oxygen atoms in total. The van der Waals surface area contributed by atoms with Gasteiger partial charge in [0.1, 0.15) is 11.8 Å². The summed E-state index contributed by atoms with van der Waals surface area (Å²) in [5, 5.41) is 13.0. The highest BCUT2D eigenvalue weighted by molar-refractivity contribution is 9.10. The number of benzene rings is 2. The maximum atomic E-state index is 9.55. The van der Waals surface area contributed by atoms with E-state index in [4.69, 9.17) is 4.74 Å². The Bertz CT molecular complexity index is 1250. The van der Waals surface area contributed by atoms with Gasteiger partial charge in [0.05, 0.1) is 16.2 Å². The predicted molar refractivity (Wildman–Crippen MR) is 148 cm³/mol. The van der Waals surface area contributed by atoms with Crippen LogP contribution in [0.5, 0.6) is 11.6 Å². The summed E-state index contributed by atoms with van der Waals surface area (Å²) in [6, 6.07) is 15.4. The van der Waals surface area contributed by atoms with Gasteiger partial charge in [-0.05, 0) is 76.4 Å². The van der Waals surface area contributed by atoms with E-state index in [-0.39, 0.29) is 5.41 Å². The van der Waals surface area contributed by atoms with Crippen molar-refractivity contribution in [2.24, 2.45) is 0 Å². The Morgan fingerprint density at radius 1 is 1.14 bits per heavy atom. The number of nitriles is 1. The molecule has 1 N–H and O–H groups in total. The molecular formula is C29H34BrN5O. The van der Waals surface area contributed by atoms with Crippen LogP contribution in [0.25, 0.3) is 0 Å². The maximum absolute atomic E-state index is 9.55. The topological polar surface area (TPSA) is 74.1 Å². The van der Waals surface area contributed by atoms with E-state index >= 15 is 0 Å². The van der Waals surface area contributed by atoms with Gasteiger partial charge < -0.3 is 10.1 Å². The van der Waals surface area contributed by atoms with Crippen molar-refractivity contribution >= 4 is 21.9 Å². The molecule has 1 aliphatic rings. The van der Waals surface area contributed by atoms with Crippen LogP contribution in [-0.2, 0) is 12.0 Å². The SMILES string of the molecule is Cc1cc(C)c(Oc2nc(NC3CCN(Cc4ccc(C(C)(C)C)cc4)CC3)ncc2Br)c(C#N)c1. The Hall–Kier alpha value is -2.95. The lowest BCUT2D eigenvalue weighted by atomic mass is 9.86. The number of rotatable bonds is 6. The first-order valence-corrected chi connectivity index (χ1v) is 13.2. The monoisotopic (exact) mass is 547 g/mol. The average Bonchev–Trinajstić information content (AvgIpc) is 2.83. The number of hydrogen-bond acceptors (Lipinski definition) is 6. The molecule has 0 amide bonds. The first-order valence-electron chi connectivity index (χ1n) is 12.4. The quantitative estimate of drug-likeness (QED) is 0.362. The molecule has 0 saturated carbocycles. The van der Waals surface area contributed by atoms with Crippen LogP contribution in [0.2, 0.25) is 0 Å². The highest BCUT2D eigenvalue weighted by atomic mass is 79.9. The Balaban J connectivity index is 1.36. The predicted octanol–water partition coefficient (Wildman–Crippen LogP) is 6.89. The number of aryl methyl sites for hydroxylation is 2. The second-order valence-electron chi connectivity index (χ2n) is 10.7. The molecule has 0 unspecified atom stereocenters. The number of likely N-dealkylation sites (tertiary alicyclic amines) is 1. The summed E-state index contributed by atoms with van der Waals surface area (Å²) in [5.41, 5.74) is 5.32. The van der Waals surface area contributed by atoms with Gasteiger partial charge in [-0.3, -0.25) is 4.90 Å². The summed E-state index contributed by atoms with van der Waals surface area (Å²) in [5.74, 6) is 1.46. The number of nitrogens with one attached hydrogen (secondary N) is 1. The number of aromatic nitrogens is 2. The van der Waals surface area contributed by atoms with Gasteiger partial charge in [0.25, 0.3) is 0 Å². The van der Waals surface area contributed by atoms with Crippen LogP contribution in [0.1, 0.15) is 61.4 Å². The van der Waals surface area contributed by atoms with Crippen molar-refractivity contribution in [1.82, 2.24) is 14.9 Å². The number of halogens is 1. The first kappa shape index (κ1) is 26.1. The molecule has 0 atom stereocenters. The fourth-order valence-electron chi connectivity index (χ4n) is 4.55. The van der Waals surface area contributed by atoms with Crippen LogP contribution in [0.15, 0.2) is 47.1 Å². The summed E-state index contributed by atoms with van der Waals surface area (Å²) < 4.78 is 6.73. The van der Waals surface area contributed by atoms with E-state index < -0.39 is 0 Å². The molecule has 1 aromatic heterocycles. The second kappa shape index (κ2) is 11.0. The van der Waals surface area contributed by atoms with Gasteiger partial charge in [-0.15, -0.1) is 0 Å². The van der Waals surface area contributed by atoms with Crippen LogP contribution < -0.4 is 10.1 Å². The van der Waals surface area contributed by atoms with Gasteiger partial charge in [0.2, 0.25) is 11.8 Å². The number of nitrogens with zero attached hydrogens (tertiary/aromatic N) is 4. The van der Waals surface area contributed by atoms with Gasteiger partial charge >= 0.3 is 0 Å². The zero-order chi connectivity index (χ0) is 25.9. The Morgan fingerprint density at radius 2 is 1.83 bits per heavy atom. The summed E-state index contributed by atoms with van der Waals surface area (Å²) >= 11 is 3.49. The molecule has 3 aromatic rings. The normalized spacial score (nSPS) is 14.9. The number of piperidine rings is 1. The summed E-state index contributed by atoms with van der Waals surface area (Å²) in [7, 11) is 0. The van der Waals surface area contributed by atoms with Crippen LogP contribution >= 0.6 is 15.9 Å². The molecule has 188 valence electrons. The molecule has 0 bridgehead atoms. The Labute approximate surface area is 222 Å². The molecule has 0 aliphatic carbocycles. The fourth-order valence-corrected chi connectivity index (χ4v) is 4.82. The Morgan fingerprint density at radius 3 is 2.47 bits per heavy atom. The minimum absolute atomic E-state index is 0.180. The highest BCUT2D eigenvalue weighted by Gasteiger charge is 2.21. The van der Waals surface area contributed by atoms with Crippen molar-refractivity contribution in [3.05, 3.63) is 74.9 Å². The van der Waals surface area contributed by atoms with E-state index in [2.05, 4.69) is 87.2 Å². The number of hydrogen-bond donors (Lipinski definition) is 1. The molecule has 36 heavy (non-hydrogen) atoms. The van der Waals surface area contributed by atoms with Crippen LogP contribution in [0, 0.1) is 25.2 Å². The minimum atomic E-state index is 0.180. The third kappa shape index (κ3) is 6.43. The average molecular weight is 549 g/mol. The smallest absolute Gasteiger partial charge is 0.238 e. The summed E-state index contributed by atoms with van der Waals surface area (Å²) in [6.45, 7) is 13.7. The first-order chi connectivity index (χ1) is 17.1. The van der Waals surface area contributed by atoms with Gasteiger partial charge in [0, 0.05) is 25.7 Å². The molecule has 1 saturated heterocycles. The molecule has 7 heteroatoms. The highest BCUT2D eigenvalue weighted by Crippen LogP contribution is 2.33. The molecule has 2 heterocycles. The molecule has 1 aliphatic heterocycles. The van der Waals surface area contributed by atoms with Crippen LogP contribution in [0.3, 0.4) is 0 Å². The van der Waals surface area contributed by atoms with E-state index in [0.29, 0.717) is 33.7 Å². The molecule has 2 aromatic carbocycles. The summed E-state index contributed by atoms with van der Waals surface area (Å²) in [4.78, 5) is 11.5. The summed E-state index contributed by atoms with van der Waals surface area (Å²) in [6.07, 6.45) is 3.73. The van der Waals surface area contributed by atoms with E-state index in [1.165, 1.54) is 11.1 Å². The van der Waals surface area contributed by atoms with Crippen molar-refractivity contribution in [3.8, 4) is 17.7 Å². The van der Waals surface area contributed by atoms with Crippen molar-refractivity contribution in [2.45, 2.75) is 65.5 Å². The van der Waals surface area contributed by atoms with Gasteiger partial charge in [-0.1, -0.05) is 51.1 Å². The van der Waals surface area contributed by atoms with E-state index in [9.17, 15) is 5.26 Å². The maximum Gasteiger partial charge on any atom is 0.238 e. The molecule has 0 spiro atoms. The molecule has 0 radical (unpaired) electrons. The largest absolute Gasteiger partial charge is 0.436 e. The lowest BCUT2D eigenvalue weighted by Gasteiger charge is -2.32. The zero-order valence-corrected chi connectivity index (χ0v) is 23.3. The van der Waals surface area contributed by atoms with Gasteiger partial charge in [-0.25, -0.2) is 4.98 Å². The molecule has 1 fully saturated rings. The standard InChI is InChI=1S/C29H34BrN5O/c1-19-14-20(2)26(22(15-19)16-31)36-27-25(30)17-32-28(34-27)33-24-10-12-35(13-11-24)18-21-6-8-23(9-7-21)29(3,4)5/h6-9,14-15,17,24H,10-13,18H2,1-5H3,(H,32,33,34). The second-order valence-corrected chi connectivity index (χ2v) is 11.5. The van der Waals surface area contributed by atoms with Crippen molar-refractivity contribution in [2.75, 3.05) is 18.4 Å². The van der Waals surface area contributed by atoms with Gasteiger partial charge in [0.15, 0.2) is 0 Å². The van der Waals surface area contributed by atoms with Crippen molar-refractivity contribution < 1.29 is 4.74 Å². The Kier molecular flexibility index (Phi) is 7.97. The van der Waals surface area contributed by atoms with E-state index in [1.54, 1.807) is 6.20 Å². The van der Waals surface area contributed by atoms with Crippen molar-refractivity contribution in [3.63, 3.8) is 0 Å². The molecular weight excluding hydrogens is 514 g/mol. The van der Waals surface area contributed by atoms with E-state index in [1.807, 2.05) is 26.0 Å². The third-order valence-corrected chi connectivity index (χ3v) is 7.14. The van der Waals surface area contributed by atoms with Crippen LogP contribution in [0.4, 0.5) is 5.95 Å². The van der Waals surface area contributed by atoms with Gasteiger partial charge in [-0.2, -0.15) is 10.2 Å². The minimum Gasteiger partial charge on any atom is -0.436 e. The number of ether oxygens (including phenoxy) is 1. The van der Waals surface area contributed by atoms with Crippen LogP contribution in [-0.4, -0.2) is 34.0 Å². The van der Waals surface area contributed by atoms with E-state index in [0.717, 1.165) is 43.6 Å². The zero-order valence-electron chi connectivity index (χ0n) is 21.7. The fraction of sp³-hybridized carbons (Fsp3) is 0.414. The lowest BCUT2D eigenvalue weighted by Crippen LogP contribution is -2.39. The third-order valence-electron chi connectivity index (χ3n) is 6.60. The lowest BCUT2D eigenvalue weighted by molar-refractivity contribution is 0.211. The number of anilines is 1. The molecule has 4 rings (SSSR count). The van der Waals surface area contributed by atoms with Crippen molar-refractivity contribution in [1.29, 1.82) is 5.26 Å².